The van der Waals surface area contributed by atoms with Gasteiger partial charge in [-0.2, -0.15) is 0 Å². The molecule has 0 atom stereocenters. The summed E-state index contributed by atoms with van der Waals surface area (Å²) in [6.07, 6.45) is 2.41. The minimum Gasteiger partial charge on any atom is -0.492 e. The second kappa shape index (κ2) is 17.7. The number of fused-ring (bicyclic) bond motifs is 2. The van der Waals surface area contributed by atoms with Crippen molar-refractivity contribution in [3.05, 3.63) is 84.2 Å². The highest BCUT2D eigenvalue weighted by Crippen LogP contribution is 2.29. The maximum atomic E-state index is 13.7. The van der Waals surface area contributed by atoms with Gasteiger partial charge in [0.2, 0.25) is 0 Å². The summed E-state index contributed by atoms with van der Waals surface area (Å²) in [5.41, 5.74) is 6.93. The Hall–Kier alpha value is -5.37. The number of carbonyl (C=O) groups excluding carboxylic acids is 2. The molecule has 1 fully saturated rings. The van der Waals surface area contributed by atoms with Crippen molar-refractivity contribution in [1.82, 2.24) is 24.8 Å². The molecule has 3 aromatic heterocycles. The Morgan fingerprint density at radius 2 is 1.27 bits per heavy atom. The van der Waals surface area contributed by atoms with Gasteiger partial charge in [0.1, 0.15) is 60.1 Å². The molecule has 5 aromatic rings. The zero-order valence-electron chi connectivity index (χ0n) is 29.8. The van der Waals surface area contributed by atoms with Crippen LogP contribution >= 0.6 is 0 Å². The van der Waals surface area contributed by atoms with Crippen LogP contribution in [0.5, 0.6) is 17.2 Å². The minimum absolute atomic E-state index is 0.0435. The summed E-state index contributed by atoms with van der Waals surface area (Å²) in [6.45, 7) is 11.2. The molecule has 2 aromatic carbocycles. The van der Waals surface area contributed by atoms with Crippen molar-refractivity contribution in [1.29, 1.82) is 0 Å². The van der Waals surface area contributed by atoms with E-state index in [1.54, 1.807) is 12.1 Å². The van der Waals surface area contributed by atoms with Crippen LogP contribution in [0.1, 0.15) is 47.7 Å². The molecule has 6 rings (SSSR count). The van der Waals surface area contributed by atoms with E-state index in [2.05, 4.69) is 49.2 Å². The van der Waals surface area contributed by atoms with Crippen molar-refractivity contribution < 1.29 is 23.8 Å². The first-order valence-corrected chi connectivity index (χ1v) is 17.9. The topological polar surface area (TPSA) is 157 Å². The van der Waals surface area contributed by atoms with E-state index in [4.69, 9.17) is 19.9 Å². The van der Waals surface area contributed by atoms with Crippen LogP contribution in [-0.4, -0.2) is 102 Å². The lowest BCUT2D eigenvalue weighted by Crippen LogP contribution is -2.28. The molecule has 0 aliphatic carbocycles. The number of nitrogens with one attached hydrogen (secondary N) is 2. The quantitative estimate of drug-likeness (QED) is 0.117. The molecule has 13 heteroatoms. The number of nitrogens with two attached hydrogens (primary N) is 1. The number of benzene rings is 2. The first-order valence-electron chi connectivity index (χ1n) is 17.9. The fourth-order valence-electron chi connectivity index (χ4n) is 6.13. The van der Waals surface area contributed by atoms with E-state index >= 15 is 0 Å². The molecular weight excluding hydrogens is 660 g/mol. The number of ether oxygens (including phenoxy) is 3. The van der Waals surface area contributed by atoms with Crippen molar-refractivity contribution >= 4 is 45.3 Å². The van der Waals surface area contributed by atoms with Crippen LogP contribution in [0.15, 0.2) is 72.8 Å². The Kier molecular flexibility index (Phi) is 12.4. The lowest BCUT2D eigenvalue weighted by atomic mass is 10.2. The summed E-state index contributed by atoms with van der Waals surface area (Å²) < 4.78 is 18.1. The van der Waals surface area contributed by atoms with Crippen molar-refractivity contribution in [3.63, 3.8) is 0 Å². The van der Waals surface area contributed by atoms with Gasteiger partial charge in [0.15, 0.2) is 0 Å². The maximum absolute atomic E-state index is 13.7. The SMILES string of the molecule is CCN(CC)CCOc1cc(NC(=O)c2cc(OCCN)cc(C(=O)Nc3cc(OCCN4CCCC4)c4ccccc4n3)n2)nc2ccccc12. The number of likely N-dealkylation sites (N-methyl/N-ethyl adjacent to an activating group) is 1. The smallest absolute Gasteiger partial charge is 0.275 e. The molecule has 1 saturated heterocycles. The first kappa shape index (κ1) is 36.4. The van der Waals surface area contributed by atoms with Gasteiger partial charge in [-0.15, -0.1) is 0 Å². The van der Waals surface area contributed by atoms with E-state index in [1.165, 1.54) is 25.0 Å². The molecular formula is C39H46N8O5. The predicted octanol–water partition coefficient (Wildman–Crippen LogP) is 5.22. The molecule has 0 bridgehead atoms. The van der Waals surface area contributed by atoms with E-state index < -0.39 is 11.8 Å². The molecule has 52 heavy (non-hydrogen) atoms. The normalized spacial score (nSPS) is 13.1. The second-order valence-electron chi connectivity index (χ2n) is 12.4. The van der Waals surface area contributed by atoms with Crippen LogP contribution in [0.2, 0.25) is 0 Å². The summed E-state index contributed by atoms with van der Waals surface area (Å²) in [4.78, 5) is 45.7. The van der Waals surface area contributed by atoms with Crippen molar-refractivity contribution in [2.45, 2.75) is 26.7 Å². The summed E-state index contributed by atoms with van der Waals surface area (Å²) in [5.74, 6) is 0.887. The summed E-state index contributed by atoms with van der Waals surface area (Å²) in [7, 11) is 0. The molecule has 4 N–H and O–H groups in total. The fourth-order valence-corrected chi connectivity index (χ4v) is 6.13. The van der Waals surface area contributed by atoms with E-state index in [0.29, 0.717) is 35.7 Å². The lowest BCUT2D eigenvalue weighted by molar-refractivity contribution is 0.101. The van der Waals surface area contributed by atoms with Gasteiger partial charge in [-0.1, -0.05) is 38.1 Å². The largest absolute Gasteiger partial charge is 0.492 e. The molecule has 1 aliphatic heterocycles. The summed E-state index contributed by atoms with van der Waals surface area (Å²) in [6, 6.07) is 21.5. The number of nitrogens with zero attached hydrogens (tertiary/aromatic N) is 5. The number of hydrogen-bond acceptors (Lipinski definition) is 11. The summed E-state index contributed by atoms with van der Waals surface area (Å²) >= 11 is 0. The van der Waals surface area contributed by atoms with Gasteiger partial charge < -0.3 is 35.5 Å². The fraction of sp³-hybridized carbons (Fsp3) is 0.359. The first-order chi connectivity index (χ1) is 25.4. The monoisotopic (exact) mass is 706 g/mol. The van der Waals surface area contributed by atoms with Gasteiger partial charge in [0, 0.05) is 54.7 Å². The highest BCUT2D eigenvalue weighted by molar-refractivity contribution is 6.07. The van der Waals surface area contributed by atoms with Gasteiger partial charge in [-0.05, 0) is 63.3 Å². The average Bonchev–Trinajstić information content (AvgIpc) is 3.69. The van der Waals surface area contributed by atoms with Gasteiger partial charge >= 0.3 is 0 Å². The average molecular weight is 707 g/mol. The molecule has 4 heterocycles. The Morgan fingerprint density at radius 3 is 1.81 bits per heavy atom. The second-order valence-corrected chi connectivity index (χ2v) is 12.4. The van der Waals surface area contributed by atoms with Crippen LogP contribution in [0.3, 0.4) is 0 Å². The van der Waals surface area contributed by atoms with E-state index in [-0.39, 0.29) is 41.9 Å². The molecule has 272 valence electrons. The van der Waals surface area contributed by atoms with Gasteiger partial charge in [0.25, 0.3) is 11.8 Å². The third-order valence-electron chi connectivity index (χ3n) is 8.91. The third kappa shape index (κ3) is 9.29. The molecule has 0 unspecified atom stereocenters. The van der Waals surface area contributed by atoms with Crippen molar-refractivity contribution in [2.75, 3.05) is 76.3 Å². The molecule has 2 amide bonds. The predicted molar refractivity (Wildman–Crippen MR) is 203 cm³/mol. The maximum Gasteiger partial charge on any atom is 0.275 e. The Labute approximate surface area is 303 Å². The van der Waals surface area contributed by atoms with Crippen LogP contribution in [0.4, 0.5) is 11.6 Å². The van der Waals surface area contributed by atoms with Crippen LogP contribution in [-0.2, 0) is 0 Å². The molecule has 0 radical (unpaired) electrons. The standard InChI is InChI=1S/C39H46N8O5/c1-3-46(4-2)18-21-51-34-25-36(42-30-13-7-5-11-28(30)34)44-38(48)32-23-27(50-20-15-40)24-33(41-32)39(49)45-37-26-35(29-12-6-8-14-31(29)43-37)52-22-19-47-16-9-10-17-47/h5-8,11-14,23-26H,3-4,9-10,15-22,40H2,1-2H3,(H,42,44,48)(H,43,45,49). The molecule has 13 nitrogen and oxygen atoms in total. The van der Waals surface area contributed by atoms with Crippen LogP contribution in [0.25, 0.3) is 21.8 Å². The zero-order chi connectivity index (χ0) is 36.3. The van der Waals surface area contributed by atoms with Crippen molar-refractivity contribution in [3.8, 4) is 17.2 Å². The number of amides is 2. The van der Waals surface area contributed by atoms with E-state index in [1.807, 2.05) is 48.5 Å². The van der Waals surface area contributed by atoms with E-state index in [9.17, 15) is 9.59 Å². The highest BCUT2D eigenvalue weighted by atomic mass is 16.5. The summed E-state index contributed by atoms with van der Waals surface area (Å²) in [5, 5.41) is 7.34. The molecule has 1 aliphatic rings. The van der Waals surface area contributed by atoms with Gasteiger partial charge in [-0.3, -0.25) is 14.5 Å². The number of pyridine rings is 3. The molecule has 0 spiro atoms. The Balaban J connectivity index is 1.22. The number of carbonyl (C=O) groups is 2. The third-order valence-corrected chi connectivity index (χ3v) is 8.91. The zero-order valence-corrected chi connectivity index (χ0v) is 29.8. The number of aromatic nitrogens is 3. The Morgan fingerprint density at radius 1 is 0.731 bits per heavy atom. The van der Waals surface area contributed by atoms with Gasteiger partial charge in [0.05, 0.1) is 11.0 Å². The number of rotatable bonds is 17. The van der Waals surface area contributed by atoms with Crippen LogP contribution < -0.4 is 30.6 Å². The number of para-hydroxylation sites is 2. The van der Waals surface area contributed by atoms with Crippen molar-refractivity contribution in [2.24, 2.45) is 5.73 Å². The number of likely N-dealkylation sites (tertiary alicyclic amines) is 1. The Bertz CT molecular complexity index is 1870. The minimum atomic E-state index is -0.582. The number of anilines is 2. The number of hydrogen-bond donors (Lipinski definition) is 3. The highest BCUT2D eigenvalue weighted by Gasteiger charge is 2.19. The van der Waals surface area contributed by atoms with Gasteiger partial charge in [-0.25, -0.2) is 15.0 Å². The molecule has 0 saturated carbocycles. The van der Waals surface area contributed by atoms with Crippen LogP contribution in [0, 0.1) is 0 Å². The lowest BCUT2D eigenvalue weighted by Gasteiger charge is -2.19. The van der Waals surface area contributed by atoms with E-state index in [0.717, 1.165) is 50.0 Å².